The molecule has 1 spiro atoms. The molecule has 7 rings (SSSR count). The summed E-state index contributed by atoms with van der Waals surface area (Å²) in [5.74, 6) is -3.03. The first-order chi connectivity index (χ1) is 29.9. The maximum absolute atomic E-state index is 14.5. The van der Waals surface area contributed by atoms with E-state index in [2.05, 4.69) is 26.8 Å². The van der Waals surface area contributed by atoms with Gasteiger partial charge in [0, 0.05) is 65.3 Å². The molecule has 0 saturated carbocycles. The smallest absolute Gasteiger partial charge is 0.316 e. The minimum Gasteiger partial charge on any atom is -0.462 e. The Labute approximate surface area is 373 Å². The van der Waals surface area contributed by atoms with Crippen LogP contribution in [0.1, 0.15) is 93.9 Å². The Morgan fingerprint density at radius 2 is 1.52 bits per heavy atom. The molecule has 2 bridgehead atoms. The number of allylic oxidation sites excluding steroid dienone is 2. The average Bonchev–Trinajstić information content (AvgIpc) is 3.57. The van der Waals surface area contributed by atoms with E-state index >= 15 is 0 Å². The highest BCUT2D eigenvalue weighted by Crippen LogP contribution is 2.48. The number of aliphatic hydroxyl groups is 3. The molecule has 7 aliphatic rings. The predicted octanol–water partition coefficient (Wildman–Crippen LogP) is 4.84. The lowest BCUT2D eigenvalue weighted by molar-refractivity contribution is -0.353. The fourth-order valence-corrected chi connectivity index (χ4v) is 11.1. The van der Waals surface area contributed by atoms with Crippen LogP contribution in [0.15, 0.2) is 47.1 Å². The van der Waals surface area contributed by atoms with Gasteiger partial charge in [-0.2, -0.15) is 0 Å². The molecule has 5 saturated heterocycles. The van der Waals surface area contributed by atoms with Gasteiger partial charge in [0.1, 0.15) is 42.0 Å². The normalized spacial score (nSPS) is 49.6. The quantitative estimate of drug-likeness (QED) is 0.223. The number of methoxy groups -OCH3 is 3. The molecule has 15 heteroatoms. The van der Waals surface area contributed by atoms with E-state index in [1.165, 1.54) is 0 Å². The van der Waals surface area contributed by atoms with Gasteiger partial charge in [-0.1, -0.05) is 58.1 Å². The topological polar surface area (TPSA) is 179 Å². The first kappa shape index (κ1) is 48.8. The number of fused-ring (bicyclic) bond motifs is 2. The highest BCUT2D eigenvalue weighted by atomic mass is 16.7. The number of ether oxygens (including phenoxy) is 11. The fourth-order valence-electron chi connectivity index (χ4n) is 11.1. The van der Waals surface area contributed by atoms with Crippen molar-refractivity contribution < 1.29 is 72.2 Å². The maximum atomic E-state index is 14.5. The van der Waals surface area contributed by atoms with E-state index in [9.17, 15) is 20.1 Å². The largest absolute Gasteiger partial charge is 0.462 e. The summed E-state index contributed by atoms with van der Waals surface area (Å²) in [4.78, 5) is 14.5. The Morgan fingerprint density at radius 1 is 0.825 bits per heavy atom. The van der Waals surface area contributed by atoms with Gasteiger partial charge in [0.2, 0.25) is 0 Å². The molecule has 6 heterocycles. The summed E-state index contributed by atoms with van der Waals surface area (Å²) in [5.41, 5.74) is 0.511. The molecule has 0 radical (unpaired) electrons. The molecule has 0 aromatic heterocycles. The van der Waals surface area contributed by atoms with E-state index in [-0.39, 0.29) is 49.4 Å². The second kappa shape index (κ2) is 20.0. The van der Waals surface area contributed by atoms with Crippen molar-refractivity contribution in [3.8, 4) is 0 Å². The lowest BCUT2D eigenvalue weighted by Crippen LogP contribution is -2.60. The van der Waals surface area contributed by atoms with Crippen LogP contribution in [0.5, 0.6) is 0 Å². The number of esters is 1. The van der Waals surface area contributed by atoms with Crippen LogP contribution >= 0.6 is 0 Å². The molecular weight excluding hydrogens is 817 g/mol. The summed E-state index contributed by atoms with van der Waals surface area (Å²) in [5, 5.41) is 34.7. The highest BCUT2D eigenvalue weighted by Gasteiger charge is 2.61. The number of hydrogen-bond acceptors (Lipinski definition) is 15. The third kappa shape index (κ3) is 9.98. The summed E-state index contributed by atoms with van der Waals surface area (Å²) in [6, 6.07) is 0. The van der Waals surface area contributed by atoms with Gasteiger partial charge in [-0.15, -0.1) is 0 Å². The van der Waals surface area contributed by atoms with E-state index in [1.54, 1.807) is 34.3 Å². The van der Waals surface area contributed by atoms with Crippen molar-refractivity contribution in [1.29, 1.82) is 0 Å². The Balaban J connectivity index is 1.19. The maximum Gasteiger partial charge on any atom is 0.316 e. The monoisotopic (exact) mass is 891 g/mol. The number of carbonyl (C=O) groups is 1. The van der Waals surface area contributed by atoms with E-state index < -0.39 is 103 Å². The lowest BCUT2D eigenvalue weighted by atomic mass is 9.70. The molecule has 15 nitrogen and oxygen atoms in total. The molecule has 0 unspecified atom stereocenters. The summed E-state index contributed by atoms with van der Waals surface area (Å²) in [7, 11) is 4.79. The zero-order valence-electron chi connectivity index (χ0n) is 39.0. The molecule has 20 atom stereocenters. The molecule has 1 aliphatic carbocycles. The number of hydrogen-bond donors (Lipinski definition) is 3. The minimum absolute atomic E-state index is 0.0967. The predicted molar refractivity (Wildman–Crippen MR) is 229 cm³/mol. The van der Waals surface area contributed by atoms with Gasteiger partial charge in [0.05, 0.1) is 55.4 Å². The van der Waals surface area contributed by atoms with Crippen molar-refractivity contribution in [3.05, 3.63) is 47.1 Å². The second-order valence-electron chi connectivity index (χ2n) is 19.5. The summed E-state index contributed by atoms with van der Waals surface area (Å²) >= 11 is 0. The van der Waals surface area contributed by atoms with Crippen LogP contribution in [0.2, 0.25) is 0 Å². The zero-order valence-corrected chi connectivity index (χ0v) is 39.0. The third-order valence-electron chi connectivity index (χ3n) is 14.7. The second-order valence-corrected chi connectivity index (χ2v) is 19.5. The van der Waals surface area contributed by atoms with Crippen LogP contribution in [0.4, 0.5) is 0 Å². The van der Waals surface area contributed by atoms with Crippen molar-refractivity contribution in [2.45, 2.75) is 197 Å². The first-order valence-electron chi connectivity index (χ1n) is 23.1. The molecule has 0 aromatic rings. The summed E-state index contributed by atoms with van der Waals surface area (Å²) in [6.07, 6.45) is 3.50. The summed E-state index contributed by atoms with van der Waals surface area (Å²) < 4.78 is 69.7. The molecule has 6 aliphatic heterocycles. The van der Waals surface area contributed by atoms with Crippen molar-refractivity contribution in [1.82, 2.24) is 0 Å². The minimum atomic E-state index is -1.74. The van der Waals surface area contributed by atoms with E-state index in [4.69, 9.17) is 52.1 Å². The number of rotatable bonds is 8. The van der Waals surface area contributed by atoms with Crippen molar-refractivity contribution >= 4 is 5.97 Å². The van der Waals surface area contributed by atoms with Crippen LogP contribution in [0, 0.1) is 23.7 Å². The highest BCUT2D eigenvalue weighted by molar-refractivity contribution is 5.78. The van der Waals surface area contributed by atoms with Gasteiger partial charge in [-0.3, -0.25) is 4.79 Å². The fraction of sp³-hybridized carbons (Fsp3) is 0.812. The molecular formula is C48H74O15. The summed E-state index contributed by atoms with van der Waals surface area (Å²) in [6.45, 7) is 15.9. The van der Waals surface area contributed by atoms with Crippen molar-refractivity contribution in [3.63, 3.8) is 0 Å². The Morgan fingerprint density at radius 3 is 2.22 bits per heavy atom. The van der Waals surface area contributed by atoms with Crippen molar-refractivity contribution in [2.75, 3.05) is 27.9 Å². The van der Waals surface area contributed by atoms with Gasteiger partial charge in [-0.05, 0) is 56.8 Å². The Bertz CT molecular complexity index is 1710. The molecule has 0 aromatic carbocycles. The van der Waals surface area contributed by atoms with Crippen LogP contribution in [-0.2, 0) is 56.9 Å². The SMILES string of the molecule is CO[C@H]1C[C@H](O[C@H]2[C@H](C)O[C@@H](O[C@@H]3/C(C)=C\C[C@@H]4C[C@H](C[C@]5(C[C@H](O)[C@H](C)[C@@H](C(C)C)O5)O4)OC(=O)[C@@H]4C=C(C)[C@@H](OC)[C@@H]5OC/C(=C/C=C/[C@@H]3C)[C@]45O)C[C@@H]2OC)O[C@@H](C)[C@@H]1O. The van der Waals surface area contributed by atoms with E-state index in [1.807, 2.05) is 45.9 Å². The first-order valence-corrected chi connectivity index (χ1v) is 23.1. The standard InChI is InChI=1S/C48H74O15/c1-24(2)41-28(6)35(49)22-47(63-41)21-33-18-32(62-47)16-15-26(4)42(60-39-20-37(54-10)44(30(8)58-39)61-38-19-36(53-9)40(50)29(7)57-38)25(3)13-12-14-31-23-56-45-43(55-11)27(5)17-34(46(51)59-33)48(31,45)52/h12-15,17,24-25,28-30,32-45,49-50,52H,16,18-23H2,1-11H3/b13-12+,26-15-,31-14-/t25-,28-,29-,30-,32+,33+,34-,35-,36-,37-,38-,39-,40-,41+,42-,43+,44-,45-,47-,48-/m0/s1. The Hall–Kier alpha value is -2.09. The van der Waals surface area contributed by atoms with E-state index in [0.29, 0.717) is 31.3 Å². The molecule has 356 valence electrons. The van der Waals surface area contributed by atoms with Gasteiger partial charge in [-0.25, -0.2) is 0 Å². The number of carbonyl (C=O) groups excluding carboxylic acids is 1. The zero-order chi connectivity index (χ0) is 45.5. The lowest BCUT2D eigenvalue weighted by Gasteiger charge is -2.52. The Kier molecular flexibility index (Phi) is 15.5. The van der Waals surface area contributed by atoms with Crippen LogP contribution in [-0.4, -0.2) is 153 Å². The molecule has 63 heavy (non-hydrogen) atoms. The van der Waals surface area contributed by atoms with Crippen molar-refractivity contribution in [2.24, 2.45) is 23.7 Å². The van der Waals surface area contributed by atoms with Gasteiger partial charge >= 0.3 is 5.97 Å². The van der Waals surface area contributed by atoms with E-state index in [0.717, 1.165) is 11.1 Å². The molecule has 5 fully saturated rings. The van der Waals surface area contributed by atoms with Gasteiger partial charge < -0.3 is 67.4 Å². The van der Waals surface area contributed by atoms with Crippen LogP contribution < -0.4 is 0 Å². The average molecular weight is 891 g/mol. The van der Waals surface area contributed by atoms with Crippen LogP contribution in [0.3, 0.4) is 0 Å². The molecule has 0 amide bonds. The van der Waals surface area contributed by atoms with Gasteiger partial charge in [0.15, 0.2) is 18.4 Å². The third-order valence-corrected chi connectivity index (χ3v) is 14.7. The van der Waals surface area contributed by atoms with Crippen LogP contribution in [0.25, 0.3) is 0 Å². The van der Waals surface area contributed by atoms with Gasteiger partial charge in [0.25, 0.3) is 0 Å². The number of aliphatic hydroxyl groups excluding tert-OH is 2. The molecule has 3 N–H and O–H groups in total.